The minimum Gasteiger partial charge on any atom is -0.462 e. The maximum atomic E-state index is 13.9. The summed E-state index contributed by atoms with van der Waals surface area (Å²) in [5.74, 6) is 0.00696. The van der Waals surface area contributed by atoms with Crippen LogP contribution in [0, 0.1) is 0 Å². The van der Waals surface area contributed by atoms with Gasteiger partial charge in [-0.1, -0.05) is 152 Å². The van der Waals surface area contributed by atoms with E-state index in [2.05, 4.69) is 47.7 Å². The van der Waals surface area contributed by atoms with Gasteiger partial charge >= 0.3 is 18.1 Å². The Morgan fingerprint density at radius 3 is 1.91 bits per heavy atom. The SMILES string of the molecule is CCOC(=O)c1cccc2c1[N+](Cc1ccc(-c3ccccc3-c3nnnn3C(c3ccccc3)(c3ccccc3)c3ccccc3)cc1)(OC(=O)OC1CCCCC1)C(OCC)=N2. The first-order valence-electron chi connectivity index (χ1n) is 21.9. The molecule has 7 aromatic rings. The molecule has 12 heteroatoms. The third kappa shape index (κ3) is 7.81. The average molecular weight is 854 g/mol. The van der Waals surface area contributed by atoms with E-state index in [0.717, 1.165) is 71.0 Å². The van der Waals surface area contributed by atoms with E-state index in [1.54, 1.807) is 25.1 Å². The van der Waals surface area contributed by atoms with Crippen LogP contribution < -0.4 is 4.65 Å². The Morgan fingerprint density at radius 1 is 0.688 bits per heavy atom. The number of nitrogens with zero attached hydrogens (tertiary/aromatic N) is 6. The van der Waals surface area contributed by atoms with Crippen LogP contribution in [0.1, 0.15) is 78.6 Å². The largest absolute Gasteiger partial charge is 0.560 e. The quantitative estimate of drug-likeness (QED) is 0.0633. The number of hydrogen-bond acceptors (Lipinski definition) is 10. The van der Waals surface area contributed by atoms with Gasteiger partial charge in [-0.25, -0.2) is 14.3 Å². The van der Waals surface area contributed by atoms with E-state index >= 15 is 0 Å². The molecule has 1 aliphatic heterocycles. The zero-order valence-corrected chi connectivity index (χ0v) is 35.9. The van der Waals surface area contributed by atoms with Crippen LogP contribution in [-0.4, -0.2) is 57.7 Å². The second-order valence-corrected chi connectivity index (χ2v) is 15.8. The Hall–Kier alpha value is -7.44. The second-order valence-electron chi connectivity index (χ2n) is 15.8. The average Bonchev–Trinajstić information content (AvgIpc) is 3.94. The molecule has 0 saturated heterocycles. The lowest BCUT2D eigenvalue weighted by atomic mass is 9.77. The maximum Gasteiger partial charge on any atom is 0.560 e. The monoisotopic (exact) mass is 853 g/mol. The first-order valence-corrected chi connectivity index (χ1v) is 21.9. The summed E-state index contributed by atoms with van der Waals surface area (Å²) < 4.78 is 18.9. The molecule has 64 heavy (non-hydrogen) atoms. The summed E-state index contributed by atoms with van der Waals surface area (Å²) in [6.07, 6.45) is 3.41. The number of esters is 1. The van der Waals surface area contributed by atoms with E-state index in [9.17, 15) is 9.59 Å². The van der Waals surface area contributed by atoms with Gasteiger partial charge in [0.25, 0.3) is 0 Å². The minimum atomic E-state index is -0.941. The number of rotatable bonds is 13. The van der Waals surface area contributed by atoms with Gasteiger partial charge in [0.15, 0.2) is 12.4 Å². The number of quaternary nitrogens is 1. The molecule has 0 bridgehead atoms. The van der Waals surface area contributed by atoms with E-state index in [1.165, 1.54) is 0 Å². The number of carbonyl (C=O) groups is 2. The van der Waals surface area contributed by atoms with Crippen molar-refractivity contribution < 1.29 is 28.6 Å². The molecular formula is C52H49N6O6+. The normalized spacial score (nSPS) is 16.1. The number of aromatic nitrogens is 4. The highest BCUT2D eigenvalue weighted by molar-refractivity contribution is 6.06. The molecule has 6 aromatic carbocycles. The summed E-state index contributed by atoms with van der Waals surface area (Å²) in [7, 11) is 0. The number of aliphatic imine (C=N–C) groups is 1. The predicted molar refractivity (Wildman–Crippen MR) is 244 cm³/mol. The van der Waals surface area contributed by atoms with E-state index in [0.29, 0.717) is 17.2 Å². The number of hydrogen-bond donors (Lipinski definition) is 0. The van der Waals surface area contributed by atoms with E-state index < -0.39 is 22.3 Å². The molecule has 1 atom stereocenters. The molecule has 0 radical (unpaired) electrons. The summed E-state index contributed by atoms with van der Waals surface area (Å²) in [6, 6.07) is 52.2. The number of fused-ring (bicyclic) bond motifs is 1. The van der Waals surface area contributed by atoms with Crippen molar-refractivity contribution in [2.45, 2.75) is 64.1 Å². The number of benzene rings is 6. The fourth-order valence-corrected chi connectivity index (χ4v) is 9.11. The zero-order chi connectivity index (χ0) is 43.9. The fraction of sp³-hybridized carbons (Fsp3) is 0.231. The van der Waals surface area contributed by atoms with Crippen molar-refractivity contribution in [3.05, 3.63) is 186 Å². The Kier molecular flexibility index (Phi) is 12.1. The molecule has 1 unspecified atom stereocenters. The minimum absolute atomic E-state index is 0.0376. The van der Waals surface area contributed by atoms with Crippen molar-refractivity contribution in [3.63, 3.8) is 0 Å². The molecule has 1 saturated carbocycles. The molecular weight excluding hydrogens is 805 g/mol. The molecule has 322 valence electrons. The lowest BCUT2D eigenvalue weighted by Gasteiger charge is -2.36. The molecule has 1 aliphatic carbocycles. The number of hydroxylamine groups is 2. The van der Waals surface area contributed by atoms with Crippen LogP contribution in [0.15, 0.2) is 163 Å². The summed E-state index contributed by atoms with van der Waals surface area (Å²) in [5.41, 5.74) is 6.42. The third-order valence-corrected chi connectivity index (χ3v) is 11.9. The zero-order valence-electron chi connectivity index (χ0n) is 35.9. The Morgan fingerprint density at radius 2 is 1.30 bits per heavy atom. The molecule has 12 nitrogen and oxygen atoms in total. The van der Waals surface area contributed by atoms with Crippen LogP contribution in [0.4, 0.5) is 16.2 Å². The second kappa shape index (κ2) is 18.5. The third-order valence-electron chi connectivity index (χ3n) is 11.9. The Bertz CT molecular complexity index is 2660. The van der Waals surface area contributed by atoms with Gasteiger partial charge in [-0.2, -0.15) is 9.79 Å². The number of tetrazole rings is 1. The van der Waals surface area contributed by atoms with Gasteiger partial charge in [0, 0.05) is 11.1 Å². The van der Waals surface area contributed by atoms with Gasteiger partial charge in [-0.05, 0) is 94.6 Å². The Labute approximate surface area is 372 Å². The van der Waals surface area contributed by atoms with E-state index in [4.69, 9.17) is 34.4 Å². The van der Waals surface area contributed by atoms with Crippen LogP contribution in [0.5, 0.6) is 0 Å². The molecule has 9 rings (SSSR count). The molecule has 2 aliphatic rings. The van der Waals surface area contributed by atoms with Crippen LogP contribution in [-0.2, 0) is 31.1 Å². The molecule has 2 heterocycles. The molecule has 0 N–H and O–H groups in total. The highest BCUT2D eigenvalue weighted by Gasteiger charge is 2.55. The highest BCUT2D eigenvalue weighted by atomic mass is 16.9. The van der Waals surface area contributed by atoms with Crippen LogP contribution >= 0.6 is 0 Å². The van der Waals surface area contributed by atoms with Gasteiger partial charge in [-0.3, -0.25) is 0 Å². The lowest BCUT2D eigenvalue weighted by molar-refractivity contribution is -0.0995. The van der Waals surface area contributed by atoms with Gasteiger partial charge in [0.2, 0.25) is 5.69 Å². The number of carbonyl (C=O) groups excluding carboxylic acids is 2. The predicted octanol–water partition coefficient (Wildman–Crippen LogP) is 11.0. The van der Waals surface area contributed by atoms with Crippen LogP contribution in [0.2, 0.25) is 0 Å². The van der Waals surface area contributed by atoms with Crippen molar-refractivity contribution in [2.24, 2.45) is 4.99 Å². The maximum absolute atomic E-state index is 13.9. The van der Waals surface area contributed by atoms with Crippen molar-refractivity contribution in [1.29, 1.82) is 0 Å². The number of para-hydroxylation sites is 1. The van der Waals surface area contributed by atoms with E-state index in [1.807, 2.05) is 109 Å². The lowest BCUT2D eigenvalue weighted by Crippen LogP contribution is -2.54. The summed E-state index contributed by atoms with van der Waals surface area (Å²) in [5, 5.41) is 13.9. The summed E-state index contributed by atoms with van der Waals surface area (Å²) >= 11 is 0. The first kappa shape index (κ1) is 41.9. The number of amidine groups is 1. The van der Waals surface area contributed by atoms with Gasteiger partial charge in [-0.15, -0.1) is 5.10 Å². The molecule has 0 spiro atoms. The van der Waals surface area contributed by atoms with Crippen molar-refractivity contribution in [3.8, 4) is 22.5 Å². The Balaban J connectivity index is 1.13. The fourth-order valence-electron chi connectivity index (χ4n) is 9.11. The molecule has 1 aromatic heterocycles. The van der Waals surface area contributed by atoms with Gasteiger partial charge < -0.3 is 14.2 Å². The van der Waals surface area contributed by atoms with Crippen LogP contribution in [0.25, 0.3) is 22.5 Å². The van der Waals surface area contributed by atoms with E-state index in [-0.39, 0.29) is 37.4 Å². The highest BCUT2D eigenvalue weighted by Crippen LogP contribution is 2.47. The van der Waals surface area contributed by atoms with Crippen molar-refractivity contribution >= 4 is 29.5 Å². The van der Waals surface area contributed by atoms with Gasteiger partial charge in [0.05, 0.1) is 13.2 Å². The number of ether oxygens (including phenoxy) is 3. The topological polar surface area (TPSA) is 127 Å². The standard InChI is InChI=1S/C52H49N6O6/c1-3-61-49(59)45-30-19-31-46-47(45)58(50(53-46)62-4-2,64-51(60)63-42-26-15-8-16-27-42)36-37-32-34-38(35-33-37)43-28-17-18-29-44(43)48-54-55-56-57(48)52(39-20-9-5-10-21-39,40-22-11-6-12-23-40)41-24-13-7-14-25-41/h5-7,9-14,17-25,28-35,42H,3-4,8,15-16,26-27,36H2,1-2H3/q+1. The molecule has 1 fully saturated rings. The smallest absolute Gasteiger partial charge is 0.462 e. The first-order chi connectivity index (χ1) is 31.5. The van der Waals surface area contributed by atoms with Crippen molar-refractivity contribution in [2.75, 3.05) is 13.2 Å². The molecule has 0 amide bonds. The summed E-state index contributed by atoms with van der Waals surface area (Å²) in [4.78, 5) is 38.6. The van der Waals surface area contributed by atoms with Crippen LogP contribution in [0.3, 0.4) is 0 Å². The summed E-state index contributed by atoms with van der Waals surface area (Å²) in [6.45, 7) is 4.01. The van der Waals surface area contributed by atoms with Gasteiger partial charge in [0.1, 0.15) is 22.9 Å². The van der Waals surface area contributed by atoms with Crippen molar-refractivity contribution in [1.82, 2.24) is 24.9 Å².